The van der Waals surface area contributed by atoms with Crippen LogP contribution in [0, 0.1) is 0 Å². The van der Waals surface area contributed by atoms with Crippen molar-refractivity contribution in [2.24, 2.45) is 5.84 Å². The Morgan fingerprint density at radius 2 is 2.22 bits per heavy atom. The molecular formula is C4H10N2O3. The van der Waals surface area contributed by atoms with Crippen molar-refractivity contribution in [3.8, 4) is 0 Å². The summed E-state index contributed by atoms with van der Waals surface area (Å²) in [7, 11) is 0. The molecule has 0 aliphatic rings. The van der Waals surface area contributed by atoms with Crippen molar-refractivity contribution in [3.05, 3.63) is 0 Å². The summed E-state index contributed by atoms with van der Waals surface area (Å²) in [4.78, 5) is 10.1. The molecule has 0 heterocycles. The normalized spacial score (nSPS) is 16.8. The summed E-state index contributed by atoms with van der Waals surface area (Å²) < 4.78 is 0. The zero-order valence-electron chi connectivity index (χ0n) is 5.03. The van der Waals surface area contributed by atoms with E-state index in [0.29, 0.717) is 0 Å². The van der Waals surface area contributed by atoms with Crippen molar-refractivity contribution in [1.29, 1.82) is 0 Å². The van der Waals surface area contributed by atoms with Gasteiger partial charge in [0.25, 0.3) is 0 Å². The molecule has 0 amide bonds. The van der Waals surface area contributed by atoms with Crippen LogP contribution in [0.5, 0.6) is 0 Å². The van der Waals surface area contributed by atoms with Gasteiger partial charge in [-0.2, -0.15) is 0 Å². The van der Waals surface area contributed by atoms with E-state index in [-0.39, 0.29) is 0 Å². The molecule has 9 heavy (non-hydrogen) atoms. The molecule has 0 aliphatic carbocycles. The fraction of sp³-hybridized carbons (Fsp3) is 0.750. The van der Waals surface area contributed by atoms with Crippen LogP contribution in [0.25, 0.3) is 0 Å². The predicted molar refractivity (Wildman–Crippen MR) is 30.4 cm³/mol. The van der Waals surface area contributed by atoms with Crippen LogP contribution in [0.3, 0.4) is 0 Å². The highest BCUT2D eigenvalue weighted by molar-refractivity contribution is 5.73. The van der Waals surface area contributed by atoms with Gasteiger partial charge >= 0.3 is 5.97 Å². The Morgan fingerprint density at radius 1 is 1.78 bits per heavy atom. The summed E-state index contributed by atoms with van der Waals surface area (Å²) in [6.07, 6.45) is -0.979. The van der Waals surface area contributed by atoms with Gasteiger partial charge in [0, 0.05) is 0 Å². The zero-order chi connectivity index (χ0) is 7.44. The fourth-order valence-corrected chi connectivity index (χ4v) is 0.417. The molecule has 54 valence electrons. The lowest BCUT2D eigenvalue weighted by Crippen LogP contribution is -2.48. The molecule has 0 radical (unpaired) electrons. The summed E-state index contributed by atoms with van der Waals surface area (Å²) in [5.74, 6) is 3.62. The average molecular weight is 134 g/mol. The van der Waals surface area contributed by atoms with Crippen LogP contribution < -0.4 is 11.3 Å². The van der Waals surface area contributed by atoms with Gasteiger partial charge in [0.05, 0.1) is 6.10 Å². The first-order valence-electron chi connectivity index (χ1n) is 2.46. The first-order valence-corrected chi connectivity index (χ1v) is 2.46. The smallest absolute Gasteiger partial charge is 0.324 e. The van der Waals surface area contributed by atoms with Crippen molar-refractivity contribution in [3.63, 3.8) is 0 Å². The van der Waals surface area contributed by atoms with Crippen molar-refractivity contribution < 1.29 is 15.0 Å². The predicted octanol–water partition coefficient (Wildman–Crippen LogP) is -1.72. The number of nitrogens with two attached hydrogens (primary N) is 1. The van der Waals surface area contributed by atoms with Crippen LogP contribution >= 0.6 is 0 Å². The number of aliphatic hydroxyl groups is 1. The van der Waals surface area contributed by atoms with E-state index in [1.165, 1.54) is 6.92 Å². The van der Waals surface area contributed by atoms with Crippen LogP contribution in [-0.2, 0) is 4.79 Å². The monoisotopic (exact) mass is 134 g/mol. The molecule has 0 aliphatic heterocycles. The van der Waals surface area contributed by atoms with Crippen molar-refractivity contribution in [1.82, 2.24) is 5.43 Å². The van der Waals surface area contributed by atoms with Gasteiger partial charge in [-0.25, -0.2) is 5.43 Å². The van der Waals surface area contributed by atoms with E-state index in [1.807, 2.05) is 5.43 Å². The largest absolute Gasteiger partial charge is 0.480 e. The number of aliphatic carboxylic acids is 1. The lowest BCUT2D eigenvalue weighted by Gasteiger charge is -2.12. The van der Waals surface area contributed by atoms with Crippen LogP contribution in [-0.4, -0.2) is 28.3 Å². The minimum atomic E-state index is -1.16. The molecule has 0 saturated heterocycles. The molecule has 0 saturated carbocycles. The Bertz CT molecular complexity index is 104. The number of carbonyl (C=O) groups is 1. The first-order chi connectivity index (χ1) is 4.09. The molecule has 0 rings (SSSR count). The molecule has 5 heteroatoms. The van der Waals surface area contributed by atoms with Gasteiger partial charge in [0.15, 0.2) is 0 Å². The summed E-state index contributed by atoms with van der Waals surface area (Å²) in [5, 5.41) is 16.9. The molecule has 0 bridgehead atoms. The highest BCUT2D eigenvalue weighted by Gasteiger charge is 2.20. The Labute approximate surface area is 52.4 Å². The number of nitrogens with one attached hydrogen (secondary N) is 1. The van der Waals surface area contributed by atoms with E-state index in [0.717, 1.165) is 0 Å². The van der Waals surface area contributed by atoms with Crippen LogP contribution in [0.1, 0.15) is 6.92 Å². The lowest BCUT2D eigenvalue weighted by molar-refractivity contribution is -0.142. The Balaban J connectivity index is 3.83. The summed E-state index contributed by atoms with van der Waals surface area (Å²) in [5.41, 5.74) is 1.95. The van der Waals surface area contributed by atoms with Crippen molar-refractivity contribution in [2.45, 2.75) is 19.1 Å². The highest BCUT2D eigenvalue weighted by atomic mass is 16.4. The van der Waals surface area contributed by atoms with Gasteiger partial charge in [-0.3, -0.25) is 10.6 Å². The Kier molecular flexibility index (Phi) is 3.15. The molecule has 0 aromatic rings. The van der Waals surface area contributed by atoms with Crippen molar-refractivity contribution >= 4 is 5.97 Å². The van der Waals surface area contributed by atoms with Gasteiger partial charge in [0.2, 0.25) is 0 Å². The molecule has 0 spiro atoms. The Hall–Kier alpha value is -0.650. The van der Waals surface area contributed by atoms with E-state index < -0.39 is 18.1 Å². The lowest BCUT2D eigenvalue weighted by atomic mass is 10.2. The van der Waals surface area contributed by atoms with Crippen LogP contribution in [0.4, 0.5) is 0 Å². The van der Waals surface area contributed by atoms with Crippen molar-refractivity contribution in [2.75, 3.05) is 0 Å². The van der Waals surface area contributed by atoms with Crippen LogP contribution in [0.2, 0.25) is 0 Å². The number of hydrogen-bond donors (Lipinski definition) is 4. The quantitative estimate of drug-likeness (QED) is 0.272. The van der Waals surface area contributed by atoms with E-state index in [2.05, 4.69) is 0 Å². The summed E-state index contributed by atoms with van der Waals surface area (Å²) in [6, 6.07) is -1.08. The molecular weight excluding hydrogens is 124 g/mol. The number of rotatable bonds is 3. The van der Waals surface area contributed by atoms with Gasteiger partial charge in [-0.1, -0.05) is 0 Å². The fourth-order valence-electron chi connectivity index (χ4n) is 0.417. The molecule has 5 nitrogen and oxygen atoms in total. The maximum atomic E-state index is 10.1. The molecule has 0 aromatic heterocycles. The Morgan fingerprint density at radius 3 is 2.22 bits per heavy atom. The average Bonchev–Trinajstić information content (AvgIpc) is 1.64. The van der Waals surface area contributed by atoms with E-state index in [1.54, 1.807) is 0 Å². The molecule has 0 fully saturated rings. The third kappa shape index (κ3) is 2.41. The minimum absolute atomic E-state index is 0.979. The highest BCUT2D eigenvalue weighted by Crippen LogP contribution is 1.88. The molecule has 0 aromatic carbocycles. The maximum absolute atomic E-state index is 10.1. The third-order valence-electron chi connectivity index (χ3n) is 0.928. The summed E-state index contributed by atoms with van der Waals surface area (Å²) >= 11 is 0. The topological polar surface area (TPSA) is 95.6 Å². The second-order valence-electron chi connectivity index (χ2n) is 1.72. The number of carboxylic acid groups (broad SMARTS) is 1. The minimum Gasteiger partial charge on any atom is -0.480 e. The maximum Gasteiger partial charge on any atom is 0.324 e. The first kappa shape index (κ1) is 8.35. The second-order valence-corrected chi connectivity index (χ2v) is 1.72. The second kappa shape index (κ2) is 3.39. The SMILES string of the molecule is C[C@@H](O)[C@H](NN)C(=O)O. The number of aliphatic hydroxyl groups excluding tert-OH is 1. The molecule has 2 atom stereocenters. The van der Waals surface area contributed by atoms with Crippen LogP contribution in [0.15, 0.2) is 0 Å². The third-order valence-corrected chi connectivity index (χ3v) is 0.928. The van der Waals surface area contributed by atoms with Gasteiger partial charge < -0.3 is 10.2 Å². The standard InChI is InChI=1S/C4H10N2O3/c1-2(7)3(6-5)4(8)9/h2-3,6-7H,5H2,1H3,(H,8,9)/t2-,3+/m1/s1. The number of carboxylic acids is 1. The van der Waals surface area contributed by atoms with E-state index >= 15 is 0 Å². The van der Waals surface area contributed by atoms with E-state index in [9.17, 15) is 4.79 Å². The van der Waals surface area contributed by atoms with Gasteiger partial charge in [-0.15, -0.1) is 0 Å². The van der Waals surface area contributed by atoms with E-state index in [4.69, 9.17) is 16.1 Å². The summed E-state index contributed by atoms with van der Waals surface area (Å²) in [6.45, 7) is 1.35. The van der Waals surface area contributed by atoms with Gasteiger partial charge in [0.1, 0.15) is 6.04 Å². The number of hydrazine groups is 1. The zero-order valence-corrected chi connectivity index (χ0v) is 5.03. The molecule has 5 N–H and O–H groups in total. The van der Waals surface area contributed by atoms with Gasteiger partial charge in [-0.05, 0) is 6.92 Å². The number of hydrogen-bond acceptors (Lipinski definition) is 4. The molecule has 0 unspecified atom stereocenters.